The molecule has 0 unspecified atom stereocenters. The summed E-state index contributed by atoms with van der Waals surface area (Å²) in [5, 5.41) is 0. The molecule has 0 aliphatic carbocycles. The molecule has 0 bridgehead atoms. The van der Waals surface area contributed by atoms with Crippen LogP contribution in [-0.2, 0) is 78.0 Å². The molecule has 0 aromatic heterocycles. The first kappa shape index (κ1) is 31.5. The van der Waals surface area contributed by atoms with Crippen LogP contribution in [0.1, 0.15) is 0 Å². The predicted octanol–water partition coefficient (Wildman–Crippen LogP) is -0.0100. The fourth-order valence-corrected chi connectivity index (χ4v) is 0. The van der Waals surface area contributed by atoms with Crippen LogP contribution in [-0.4, -0.2) is 0 Å². The van der Waals surface area contributed by atoms with Crippen molar-refractivity contribution in [3.63, 3.8) is 0 Å². The molecule has 0 rings (SSSR count). The Hall–Kier alpha value is 2.49. The zero-order valence-electron chi connectivity index (χ0n) is 1.67. The van der Waals surface area contributed by atoms with E-state index in [-0.39, 0.29) is 78.0 Å². The van der Waals surface area contributed by atoms with E-state index < -0.39 is 0 Å². The van der Waals surface area contributed by atoms with Crippen molar-refractivity contribution in [3.05, 3.63) is 0 Å². The number of rotatable bonds is 0. The third kappa shape index (κ3) is 8.82. The van der Waals surface area contributed by atoms with Crippen LogP contribution in [0.4, 0.5) is 0 Å². The Morgan fingerprint density at radius 2 is 1.00 bits per heavy atom. The van der Waals surface area contributed by atoms with Crippen molar-refractivity contribution in [1.29, 1.82) is 0 Å². The summed E-state index contributed by atoms with van der Waals surface area (Å²) >= 11 is 0. The Morgan fingerprint density at radius 3 is 1.00 bits per heavy atom. The maximum Gasteiger partial charge on any atom is 0 e. The van der Waals surface area contributed by atoms with E-state index in [1.54, 1.807) is 0 Å². The summed E-state index contributed by atoms with van der Waals surface area (Å²) in [6.07, 6.45) is 0. The van der Waals surface area contributed by atoms with Crippen LogP contribution in [0, 0.1) is 0 Å². The average Bonchev–Trinajstić information content (AvgIpc) is 0. The summed E-state index contributed by atoms with van der Waals surface area (Å²) < 4.78 is 0. The van der Waals surface area contributed by atoms with E-state index in [1.807, 2.05) is 0 Å². The molecule has 0 aromatic rings. The van der Waals surface area contributed by atoms with Crippen LogP contribution in [0.3, 0.4) is 0 Å². The minimum Gasteiger partial charge on any atom is 0 e. The molecule has 0 aliphatic rings. The second-order valence-corrected chi connectivity index (χ2v) is 0. The van der Waals surface area contributed by atoms with Gasteiger partial charge in [0.05, 0.1) is 0 Å². The molecule has 0 saturated carbocycles. The predicted molar refractivity (Wildman–Crippen MR) is 0 cm³/mol. The van der Waals surface area contributed by atoms with Gasteiger partial charge in [-0.25, -0.2) is 0 Å². The Bertz CT molecular complexity index is 8.00. The number of hydrogen-bond donors (Lipinski definition) is 0. The van der Waals surface area contributed by atoms with Crippen LogP contribution in [0.15, 0.2) is 0 Å². The van der Waals surface area contributed by atoms with Crippen LogP contribution < -0.4 is 0 Å². The molecule has 0 aromatic carbocycles. The molecule has 0 amide bonds. The van der Waals surface area contributed by atoms with Crippen molar-refractivity contribution in [3.8, 4) is 0 Å². The molecule has 4 heavy (non-hydrogen) atoms. The van der Waals surface area contributed by atoms with Crippen molar-refractivity contribution in [2.24, 2.45) is 0 Å². The Balaban J connectivity index is 0. The van der Waals surface area contributed by atoms with Gasteiger partial charge in [0.25, 0.3) is 0 Å². The second-order valence-electron chi connectivity index (χ2n) is 0. The zero-order valence-corrected chi connectivity index (χ0v) is 9.28. The molecule has 4 heteroatoms. The van der Waals surface area contributed by atoms with Gasteiger partial charge in [-0.05, 0) is 0 Å². The van der Waals surface area contributed by atoms with E-state index in [1.165, 1.54) is 0 Å². The van der Waals surface area contributed by atoms with Gasteiger partial charge in [-0.2, -0.15) is 0 Å². The second kappa shape index (κ2) is 17.8. The van der Waals surface area contributed by atoms with Gasteiger partial charge in [0.1, 0.15) is 0 Å². The van der Waals surface area contributed by atoms with Crippen LogP contribution in [0.5, 0.6) is 0 Å². The van der Waals surface area contributed by atoms with Crippen LogP contribution >= 0.6 is 0 Å². The molecule has 0 aliphatic heterocycles. The summed E-state index contributed by atoms with van der Waals surface area (Å²) in [4.78, 5) is 0. The quantitative estimate of drug-likeness (QED) is 0.517. The van der Waals surface area contributed by atoms with Gasteiger partial charge in [-0.3, -0.25) is 0 Å². The van der Waals surface area contributed by atoms with Gasteiger partial charge in [-0.1, -0.05) is 0 Å². The van der Waals surface area contributed by atoms with E-state index in [4.69, 9.17) is 0 Å². The molecule has 0 atom stereocenters. The van der Waals surface area contributed by atoms with E-state index in [0.29, 0.717) is 0 Å². The SMILES string of the molecule is [Cr].[Mo].[V].[W]. The summed E-state index contributed by atoms with van der Waals surface area (Å²) in [7, 11) is 0. The zero-order chi connectivity index (χ0) is 0. The van der Waals surface area contributed by atoms with Crippen molar-refractivity contribution < 1.29 is 78.0 Å². The molecule has 0 saturated heterocycles. The van der Waals surface area contributed by atoms with E-state index in [9.17, 15) is 0 Å². The average molecular weight is 383 g/mol. The standard InChI is InChI=1S/Cr.Mo.V.W. The van der Waals surface area contributed by atoms with Crippen LogP contribution in [0.25, 0.3) is 0 Å². The topological polar surface area (TPSA) is 0 Å². The Labute approximate surface area is 77.0 Å². The van der Waals surface area contributed by atoms with Gasteiger partial charge < -0.3 is 0 Å². The van der Waals surface area contributed by atoms with Crippen molar-refractivity contribution >= 4 is 0 Å². The van der Waals surface area contributed by atoms with E-state index >= 15 is 0 Å². The summed E-state index contributed by atoms with van der Waals surface area (Å²) in [6, 6.07) is 0. The molecule has 1 radical (unpaired) electrons. The largest absolute Gasteiger partial charge is 0 e. The van der Waals surface area contributed by atoms with Gasteiger partial charge in [0.15, 0.2) is 0 Å². The minimum atomic E-state index is 0. The molecular weight excluding hydrogens is 383 g/mol. The fraction of sp³-hybridized carbons (Fsp3) is 0. The van der Waals surface area contributed by atoms with E-state index in [2.05, 4.69) is 0 Å². The first-order valence-corrected chi connectivity index (χ1v) is 0. The van der Waals surface area contributed by atoms with Gasteiger partial charge in [0.2, 0.25) is 0 Å². The van der Waals surface area contributed by atoms with Crippen molar-refractivity contribution in [2.45, 2.75) is 0 Å². The molecule has 0 fully saturated rings. The third-order valence-corrected chi connectivity index (χ3v) is 0. The van der Waals surface area contributed by atoms with Gasteiger partial charge in [-0.15, -0.1) is 0 Å². The van der Waals surface area contributed by atoms with Crippen LogP contribution in [0.2, 0.25) is 0 Å². The maximum atomic E-state index is 0. The first-order chi connectivity index (χ1) is 0. The molecule has 0 spiro atoms. The summed E-state index contributed by atoms with van der Waals surface area (Å²) in [5.74, 6) is 0. The normalized spacial score (nSPS) is 0. The minimum absolute atomic E-state index is 0. The van der Waals surface area contributed by atoms with Gasteiger partial charge >= 0.3 is 0 Å². The smallest absolute Gasteiger partial charge is 0 e. The fourth-order valence-electron chi connectivity index (χ4n) is 0. The monoisotopic (exact) mass is 385 g/mol. The molecular formula is CrMoVW. The molecule has 0 heterocycles. The van der Waals surface area contributed by atoms with E-state index in [0.717, 1.165) is 0 Å². The van der Waals surface area contributed by atoms with Crippen molar-refractivity contribution in [1.82, 2.24) is 0 Å². The third-order valence-electron chi connectivity index (χ3n) is 0. The number of hydrogen-bond acceptors (Lipinski definition) is 0. The molecule has 23 valence electrons. The summed E-state index contributed by atoms with van der Waals surface area (Å²) in [5.41, 5.74) is 0. The maximum absolute atomic E-state index is 0. The Morgan fingerprint density at radius 1 is 1.00 bits per heavy atom. The molecule has 0 N–H and O–H groups in total. The summed E-state index contributed by atoms with van der Waals surface area (Å²) in [6.45, 7) is 0. The Kier molecular flexibility index (Phi) is 141. The van der Waals surface area contributed by atoms with Gasteiger partial charge in [0, 0.05) is 78.0 Å². The molecule has 0 nitrogen and oxygen atoms in total. The first-order valence-electron chi connectivity index (χ1n) is 0. The van der Waals surface area contributed by atoms with Crippen molar-refractivity contribution in [2.75, 3.05) is 0 Å².